The monoisotopic (exact) mass is 429 g/mol. The predicted molar refractivity (Wildman–Crippen MR) is 120 cm³/mol. The van der Waals surface area contributed by atoms with E-state index in [1.54, 1.807) is 0 Å². The van der Waals surface area contributed by atoms with E-state index in [0.29, 0.717) is 0 Å². The van der Waals surface area contributed by atoms with Gasteiger partial charge < -0.3 is 11.9 Å². The van der Waals surface area contributed by atoms with Gasteiger partial charge >= 0.3 is 17.4 Å². The van der Waals surface area contributed by atoms with Crippen LogP contribution in [0.2, 0.25) is 19.1 Å². The van der Waals surface area contributed by atoms with Gasteiger partial charge in [0.15, 0.2) is 0 Å². The molecule has 148 valence electrons. The predicted octanol–water partition coefficient (Wildman–Crippen LogP) is 6.79. The van der Waals surface area contributed by atoms with Crippen LogP contribution in [-0.2, 0) is 22.9 Å². The summed E-state index contributed by atoms with van der Waals surface area (Å²) in [5.74, 6) is 7.34. The van der Waals surface area contributed by atoms with E-state index in [4.69, 9.17) is 0 Å². The van der Waals surface area contributed by atoms with Crippen molar-refractivity contribution in [3.05, 3.63) is 96.0 Å². The molecule has 2 heterocycles. The van der Waals surface area contributed by atoms with E-state index in [9.17, 15) is 0 Å². The summed E-state index contributed by atoms with van der Waals surface area (Å²) in [6.45, 7) is 19.9. The summed E-state index contributed by atoms with van der Waals surface area (Å²) < 4.78 is 0. The molecule has 1 aliphatic carbocycles. The molecule has 4 heteroatoms. The van der Waals surface area contributed by atoms with Crippen LogP contribution in [0.4, 0.5) is 0 Å². The molecule has 1 fully saturated rings. The van der Waals surface area contributed by atoms with Crippen molar-refractivity contribution >= 4 is 8.07 Å². The van der Waals surface area contributed by atoms with Gasteiger partial charge in [-0.25, -0.2) is 0 Å². The molecule has 0 aromatic carbocycles. The number of aromatic nitrogens is 1. The average molecular weight is 430 g/mol. The molecule has 3 rings (SSSR count). The van der Waals surface area contributed by atoms with Gasteiger partial charge in [-0.2, -0.15) is 6.20 Å². The summed E-state index contributed by atoms with van der Waals surface area (Å²) in [4.78, 5) is 4.47. The van der Waals surface area contributed by atoms with Crippen molar-refractivity contribution in [3.63, 3.8) is 0 Å². The number of rotatable bonds is 3. The quantitative estimate of drug-likeness (QED) is 0.384. The van der Waals surface area contributed by atoms with Crippen LogP contribution in [0.15, 0.2) is 48.8 Å². The van der Waals surface area contributed by atoms with Gasteiger partial charge in [-0.1, -0.05) is 78.1 Å². The maximum absolute atomic E-state index is 4.68. The minimum atomic E-state index is -1.47. The van der Waals surface area contributed by atoms with Crippen molar-refractivity contribution in [1.82, 2.24) is 4.98 Å². The molecule has 0 N–H and O–H groups in total. The maximum atomic E-state index is 4.68. The third-order valence-electron chi connectivity index (χ3n) is 5.54. The zero-order valence-corrected chi connectivity index (χ0v) is 20.6. The topological polar surface area (TPSA) is 27.0 Å². The fourth-order valence-electron chi connectivity index (χ4n) is 3.58. The molecule has 0 bridgehead atoms. The second-order valence-corrected chi connectivity index (χ2v) is 13.1. The van der Waals surface area contributed by atoms with Crippen molar-refractivity contribution < 1.29 is 17.4 Å². The Morgan fingerprint density at radius 1 is 0.929 bits per heavy atom. The molecule has 1 aliphatic heterocycles. The first kappa shape index (κ1) is 25.2. The molecule has 1 aromatic rings. The Morgan fingerprint density at radius 2 is 1.46 bits per heavy atom. The van der Waals surface area contributed by atoms with Crippen LogP contribution in [0.25, 0.3) is 5.32 Å². The largest absolute Gasteiger partial charge is 3.00 e. The third kappa shape index (κ3) is 6.09. The first-order chi connectivity index (χ1) is 12.6. The van der Waals surface area contributed by atoms with Crippen molar-refractivity contribution in [2.24, 2.45) is 0 Å². The maximum Gasteiger partial charge on any atom is 3.00 e. The Balaban J connectivity index is 0.000000307. The zero-order valence-electron chi connectivity index (χ0n) is 18.3. The molecule has 1 aromatic heterocycles. The van der Waals surface area contributed by atoms with Crippen molar-refractivity contribution in [3.8, 4) is 0 Å². The number of nitrogens with zero attached hydrogens (tertiary/aromatic N) is 2. The van der Waals surface area contributed by atoms with E-state index in [0.717, 1.165) is 11.7 Å². The van der Waals surface area contributed by atoms with Gasteiger partial charge in [0.1, 0.15) is 0 Å². The average Bonchev–Trinajstić information content (AvgIpc) is 2.80. The van der Waals surface area contributed by atoms with Gasteiger partial charge in [0.05, 0.1) is 0 Å². The third-order valence-corrected chi connectivity index (χ3v) is 7.04. The molecule has 2 nitrogen and oxygen atoms in total. The minimum absolute atomic E-state index is 0. The molecular formula is C24H33CrN2Si+. The minimum Gasteiger partial charge on any atom is -0.677 e. The summed E-state index contributed by atoms with van der Waals surface area (Å²) in [6, 6.07) is 6.99. The summed E-state index contributed by atoms with van der Waals surface area (Å²) in [5.41, 5.74) is 0.720. The van der Waals surface area contributed by atoms with Gasteiger partial charge in [-0.15, -0.1) is 8.07 Å². The molecule has 0 amide bonds. The molecule has 0 saturated heterocycles. The zero-order chi connectivity index (χ0) is 20.2. The van der Waals surface area contributed by atoms with E-state index >= 15 is 0 Å². The number of hydrogen-bond donors (Lipinski definition) is 0. The summed E-state index contributed by atoms with van der Waals surface area (Å²) in [5, 5.41) is 4.68. The molecule has 2 aliphatic rings. The van der Waals surface area contributed by atoms with Gasteiger partial charge in [-0.05, 0) is 47.3 Å². The van der Waals surface area contributed by atoms with Gasteiger partial charge in [-0.3, -0.25) is 4.98 Å². The van der Waals surface area contributed by atoms with Crippen LogP contribution in [0.1, 0.15) is 40.3 Å². The molecule has 28 heavy (non-hydrogen) atoms. The summed E-state index contributed by atoms with van der Waals surface area (Å²) in [7, 11) is -1.47. The van der Waals surface area contributed by atoms with E-state index in [1.165, 1.54) is 29.6 Å². The SMILES string of the molecule is C[C]1[C](C)[C](C)[C](C)[C]1C.[CH2-][Si](C)(C)CC1(c2ccccn2)C=CC=C[N-]1.[Cr+3]. The molecule has 6 radical (unpaired) electrons. The number of allylic oxidation sites excluding steroid dienone is 2. The van der Waals surface area contributed by atoms with Crippen LogP contribution < -0.4 is 0 Å². The Bertz CT molecular complexity index is 607. The van der Waals surface area contributed by atoms with Gasteiger partial charge in [0.2, 0.25) is 0 Å². The summed E-state index contributed by atoms with van der Waals surface area (Å²) >= 11 is 0. The van der Waals surface area contributed by atoms with E-state index in [-0.39, 0.29) is 22.9 Å². The van der Waals surface area contributed by atoms with E-state index in [1.807, 2.05) is 36.7 Å². The van der Waals surface area contributed by atoms with E-state index < -0.39 is 8.07 Å². The molecule has 1 unspecified atom stereocenters. The Morgan fingerprint density at radius 3 is 1.82 bits per heavy atom. The van der Waals surface area contributed by atoms with Gasteiger partial charge in [0, 0.05) is 11.9 Å². The smallest absolute Gasteiger partial charge is 0.677 e. The van der Waals surface area contributed by atoms with Crippen LogP contribution >= 0.6 is 0 Å². The second-order valence-electron chi connectivity index (χ2n) is 8.43. The molecule has 0 spiro atoms. The Hall–Kier alpha value is -0.821. The Labute approximate surface area is 185 Å². The molecule has 1 atom stereocenters. The van der Waals surface area contributed by atoms with Gasteiger partial charge in [0.25, 0.3) is 0 Å². The standard InChI is InChI=1S/C14H18N2Si.C10H15.Cr/c1-17(2,3)12-14(9-5-7-11-16-14)13-8-4-6-10-15-13;1-6-7(2)9(4)10(5)8(6)3;/h4-11H,1,12H2,2-3H3;1-5H3;/q-2;;+3. The van der Waals surface area contributed by atoms with E-state index in [2.05, 4.69) is 76.7 Å². The fourth-order valence-corrected chi connectivity index (χ4v) is 5.43. The fraction of sp³-hybridized carbons (Fsp3) is 0.375. The van der Waals surface area contributed by atoms with Crippen LogP contribution in [0.3, 0.4) is 0 Å². The van der Waals surface area contributed by atoms with Crippen molar-refractivity contribution in [1.29, 1.82) is 0 Å². The van der Waals surface area contributed by atoms with Crippen LogP contribution in [-0.4, -0.2) is 13.1 Å². The number of hydrogen-bond acceptors (Lipinski definition) is 1. The summed E-state index contributed by atoms with van der Waals surface area (Å²) in [6.07, 6.45) is 9.86. The van der Waals surface area contributed by atoms with Crippen LogP contribution in [0.5, 0.6) is 0 Å². The first-order valence-corrected chi connectivity index (χ1v) is 13.0. The van der Waals surface area contributed by atoms with Crippen molar-refractivity contribution in [2.45, 2.75) is 59.3 Å². The van der Waals surface area contributed by atoms with Crippen LogP contribution in [0, 0.1) is 36.1 Å². The molecular weight excluding hydrogens is 396 g/mol. The Kier molecular flexibility index (Phi) is 9.26. The number of pyridine rings is 1. The normalized spacial score (nSPS) is 24.4. The second kappa shape index (κ2) is 10.3. The molecule has 1 saturated carbocycles. The van der Waals surface area contributed by atoms with Crippen molar-refractivity contribution in [2.75, 3.05) is 0 Å². The first-order valence-electron chi connectivity index (χ1n) is 9.60.